The molecule has 24 heavy (non-hydrogen) atoms. The van der Waals surface area contributed by atoms with Gasteiger partial charge in [-0.1, -0.05) is 0 Å². The fourth-order valence-corrected chi connectivity index (χ4v) is 6.92. The van der Waals surface area contributed by atoms with Gasteiger partial charge in [0.25, 0.3) is 0 Å². The molecule has 1 spiro atoms. The molecule has 3 bridgehead atoms. The minimum Gasteiger partial charge on any atom is -0.394 e. The quantitative estimate of drug-likeness (QED) is 0.596. The molecule has 0 saturated heterocycles. The zero-order chi connectivity index (χ0) is 16.6. The molecule has 5 unspecified atom stereocenters. The second kappa shape index (κ2) is 6.58. The lowest BCUT2D eigenvalue weighted by atomic mass is 9.45. The highest BCUT2D eigenvalue weighted by Gasteiger charge is 2.74. The lowest BCUT2D eigenvalue weighted by molar-refractivity contribution is -0.140. The standard InChI is InChI=1S/C19H31NO4/c21-2-4-24-6-5-23-3-1-20-17(22)13-18-9-15-7-14-8-16(12-18)19(18,10-14)11-15/h14-16,21H,1-13H2,(H,20,22). The van der Waals surface area contributed by atoms with Gasteiger partial charge in [0.1, 0.15) is 0 Å². The first-order chi connectivity index (χ1) is 11.7. The van der Waals surface area contributed by atoms with Gasteiger partial charge in [0.15, 0.2) is 0 Å². The highest BCUT2D eigenvalue weighted by Crippen LogP contribution is 2.82. The SMILES string of the molecule is O=C(CC12CC3CC4CC(C1)C2(C4)C3)NCCOCCOCCO. The van der Waals surface area contributed by atoms with Crippen LogP contribution in [0.3, 0.4) is 0 Å². The number of ether oxygens (including phenoxy) is 2. The minimum atomic E-state index is 0.0434. The Morgan fingerprint density at radius 1 is 1.00 bits per heavy atom. The molecule has 4 aliphatic carbocycles. The van der Waals surface area contributed by atoms with Crippen LogP contribution in [0.1, 0.15) is 44.9 Å². The van der Waals surface area contributed by atoms with Gasteiger partial charge in [0, 0.05) is 13.0 Å². The molecule has 0 aromatic heterocycles. The Morgan fingerprint density at radius 3 is 2.62 bits per heavy atom. The molecule has 4 rings (SSSR count). The highest BCUT2D eigenvalue weighted by molar-refractivity contribution is 5.77. The monoisotopic (exact) mass is 337 g/mol. The smallest absolute Gasteiger partial charge is 0.220 e. The predicted molar refractivity (Wildman–Crippen MR) is 89.4 cm³/mol. The molecule has 4 fully saturated rings. The first-order valence-electron chi connectivity index (χ1n) is 9.70. The molecule has 0 heterocycles. The summed E-state index contributed by atoms with van der Waals surface area (Å²) in [6.07, 6.45) is 9.08. The maximum atomic E-state index is 12.4. The van der Waals surface area contributed by atoms with Crippen LogP contribution in [0.5, 0.6) is 0 Å². The second-order valence-corrected chi connectivity index (χ2v) is 8.63. The number of nitrogens with one attached hydrogen (secondary N) is 1. The summed E-state index contributed by atoms with van der Waals surface area (Å²) in [5, 5.41) is 11.6. The van der Waals surface area contributed by atoms with Crippen molar-refractivity contribution in [3.05, 3.63) is 0 Å². The number of carbonyl (C=O) groups excluding carboxylic acids is 1. The summed E-state index contributed by atoms with van der Waals surface area (Å²) in [5.41, 5.74) is 0.898. The Kier molecular flexibility index (Phi) is 4.61. The summed E-state index contributed by atoms with van der Waals surface area (Å²) in [5.74, 6) is 3.04. The van der Waals surface area contributed by atoms with Gasteiger partial charge in [-0.3, -0.25) is 4.79 Å². The zero-order valence-electron chi connectivity index (χ0n) is 14.6. The third kappa shape index (κ3) is 2.69. The van der Waals surface area contributed by atoms with Crippen molar-refractivity contribution in [2.75, 3.05) is 39.6 Å². The van der Waals surface area contributed by atoms with Crippen LogP contribution in [0.2, 0.25) is 0 Å². The van der Waals surface area contributed by atoms with Crippen molar-refractivity contribution in [1.29, 1.82) is 0 Å². The number of amides is 1. The van der Waals surface area contributed by atoms with Gasteiger partial charge in [0.05, 0.1) is 33.0 Å². The van der Waals surface area contributed by atoms with E-state index in [1.165, 1.54) is 38.5 Å². The minimum absolute atomic E-state index is 0.0434. The third-order valence-corrected chi connectivity index (χ3v) is 7.42. The predicted octanol–water partition coefficient (Wildman–Crippen LogP) is 1.73. The Labute approximate surface area is 144 Å². The first kappa shape index (κ1) is 16.8. The summed E-state index contributed by atoms with van der Waals surface area (Å²) >= 11 is 0. The summed E-state index contributed by atoms with van der Waals surface area (Å²) in [6, 6.07) is 0. The van der Waals surface area contributed by atoms with Gasteiger partial charge < -0.3 is 19.9 Å². The molecule has 4 saturated carbocycles. The summed E-state index contributed by atoms with van der Waals surface area (Å²) in [6.45, 7) is 2.50. The van der Waals surface area contributed by atoms with Gasteiger partial charge in [-0.25, -0.2) is 0 Å². The Balaban J connectivity index is 1.17. The zero-order valence-corrected chi connectivity index (χ0v) is 14.6. The first-order valence-corrected chi connectivity index (χ1v) is 9.70. The number of carbonyl (C=O) groups is 1. The average molecular weight is 337 g/mol. The van der Waals surface area contributed by atoms with Crippen LogP contribution in [0.15, 0.2) is 0 Å². The van der Waals surface area contributed by atoms with Gasteiger partial charge in [-0.05, 0) is 67.1 Å². The van der Waals surface area contributed by atoms with Crippen molar-refractivity contribution in [2.45, 2.75) is 44.9 Å². The van der Waals surface area contributed by atoms with E-state index in [1.807, 2.05) is 0 Å². The van der Waals surface area contributed by atoms with Crippen molar-refractivity contribution >= 4 is 5.91 Å². The maximum absolute atomic E-state index is 12.4. The normalized spacial score (nSPS) is 41.3. The Hall–Kier alpha value is -0.650. The molecule has 5 heteroatoms. The van der Waals surface area contributed by atoms with E-state index < -0.39 is 0 Å². The Bertz CT molecular complexity index is 478. The van der Waals surface area contributed by atoms with E-state index in [0.29, 0.717) is 43.8 Å². The molecule has 136 valence electrons. The van der Waals surface area contributed by atoms with Gasteiger partial charge in [-0.2, -0.15) is 0 Å². The van der Waals surface area contributed by atoms with Crippen LogP contribution in [0.25, 0.3) is 0 Å². The van der Waals surface area contributed by atoms with Gasteiger partial charge in [0.2, 0.25) is 5.91 Å². The fraction of sp³-hybridized carbons (Fsp3) is 0.947. The third-order valence-electron chi connectivity index (χ3n) is 7.42. The summed E-state index contributed by atoms with van der Waals surface area (Å²) < 4.78 is 10.6. The van der Waals surface area contributed by atoms with E-state index in [-0.39, 0.29) is 12.5 Å². The van der Waals surface area contributed by atoms with Crippen molar-refractivity contribution in [3.63, 3.8) is 0 Å². The largest absolute Gasteiger partial charge is 0.394 e. The van der Waals surface area contributed by atoms with Crippen LogP contribution < -0.4 is 5.32 Å². The number of hydrogen-bond donors (Lipinski definition) is 2. The van der Waals surface area contributed by atoms with Gasteiger partial charge in [-0.15, -0.1) is 0 Å². The van der Waals surface area contributed by atoms with Crippen LogP contribution in [-0.2, 0) is 14.3 Å². The van der Waals surface area contributed by atoms with Crippen molar-refractivity contribution in [3.8, 4) is 0 Å². The summed E-state index contributed by atoms with van der Waals surface area (Å²) in [4.78, 5) is 12.4. The van der Waals surface area contributed by atoms with Crippen LogP contribution >= 0.6 is 0 Å². The number of fused-ring (bicyclic) bond motifs is 2. The molecule has 4 aliphatic rings. The fourth-order valence-electron chi connectivity index (χ4n) is 6.92. The van der Waals surface area contributed by atoms with E-state index >= 15 is 0 Å². The molecule has 0 radical (unpaired) electrons. The van der Waals surface area contributed by atoms with E-state index in [9.17, 15) is 4.79 Å². The van der Waals surface area contributed by atoms with Crippen molar-refractivity contribution < 1.29 is 19.4 Å². The molecule has 5 atom stereocenters. The molecule has 0 aliphatic heterocycles. The molecular formula is C19H31NO4. The van der Waals surface area contributed by atoms with E-state index in [1.54, 1.807) is 0 Å². The lowest BCUT2D eigenvalue weighted by Crippen LogP contribution is -2.54. The number of aliphatic hydroxyl groups is 1. The van der Waals surface area contributed by atoms with E-state index in [0.717, 1.165) is 24.2 Å². The maximum Gasteiger partial charge on any atom is 0.220 e. The number of hydrogen-bond acceptors (Lipinski definition) is 4. The second-order valence-electron chi connectivity index (χ2n) is 8.63. The highest BCUT2D eigenvalue weighted by atomic mass is 16.5. The van der Waals surface area contributed by atoms with Crippen LogP contribution in [-0.4, -0.2) is 50.6 Å². The van der Waals surface area contributed by atoms with Crippen LogP contribution in [0, 0.1) is 28.6 Å². The molecule has 5 nitrogen and oxygen atoms in total. The molecular weight excluding hydrogens is 306 g/mol. The molecule has 0 aromatic rings. The Morgan fingerprint density at radius 2 is 1.79 bits per heavy atom. The van der Waals surface area contributed by atoms with Crippen LogP contribution in [0.4, 0.5) is 0 Å². The summed E-state index contributed by atoms with van der Waals surface area (Å²) in [7, 11) is 0. The number of rotatable bonds is 10. The molecule has 0 aromatic carbocycles. The average Bonchev–Trinajstić information content (AvgIpc) is 2.86. The van der Waals surface area contributed by atoms with Gasteiger partial charge >= 0.3 is 0 Å². The number of aliphatic hydroxyl groups excluding tert-OH is 1. The lowest BCUT2D eigenvalue weighted by Gasteiger charge is -2.59. The molecule has 1 amide bonds. The van der Waals surface area contributed by atoms with E-state index in [4.69, 9.17) is 14.6 Å². The van der Waals surface area contributed by atoms with Crippen molar-refractivity contribution in [2.24, 2.45) is 28.6 Å². The van der Waals surface area contributed by atoms with E-state index in [2.05, 4.69) is 5.32 Å². The molecule has 2 N–H and O–H groups in total. The topological polar surface area (TPSA) is 67.8 Å². The van der Waals surface area contributed by atoms with Crippen molar-refractivity contribution in [1.82, 2.24) is 5.32 Å².